The summed E-state index contributed by atoms with van der Waals surface area (Å²) in [6, 6.07) is 36.3. The van der Waals surface area contributed by atoms with Crippen LogP contribution in [0.5, 0.6) is 0 Å². The van der Waals surface area contributed by atoms with Gasteiger partial charge in [-0.15, -0.1) is 24.8 Å². The molecule has 0 radical (unpaired) electrons. The third-order valence-corrected chi connectivity index (χ3v) is 34.7. The number of hydrogen-bond donors (Lipinski definition) is 0. The molecule has 0 heterocycles. The molecule has 0 amide bonds. The molecular weight excluding hydrogens is 734 g/mol. The second-order valence-electron chi connectivity index (χ2n) is 13.1. The van der Waals surface area contributed by atoms with Crippen molar-refractivity contribution in [3.8, 4) is 22.3 Å². The van der Waals surface area contributed by atoms with E-state index in [0.29, 0.717) is 7.35 Å². The Morgan fingerprint density at radius 3 is 1.29 bits per heavy atom. The summed E-state index contributed by atoms with van der Waals surface area (Å²) in [6.07, 6.45) is 10.0. The van der Waals surface area contributed by atoms with Crippen molar-refractivity contribution < 1.29 is 17.1 Å². The fraction of sp³-hybridized carbons (Fsp3) is 0.263. The molecule has 0 saturated heterocycles. The zero-order valence-electron chi connectivity index (χ0n) is 25.4. The summed E-state index contributed by atoms with van der Waals surface area (Å²) in [4.78, 5) is 0. The van der Waals surface area contributed by atoms with E-state index in [1.807, 2.05) is 0 Å². The first kappa shape index (κ1) is 32.9. The number of hydrogen-bond acceptors (Lipinski definition) is 0. The van der Waals surface area contributed by atoms with Gasteiger partial charge in [0.25, 0.3) is 0 Å². The Labute approximate surface area is 268 Å². The van der Waals surface area contributed by atoms with Crippen molar-refractivity contribution in [2.24, 2.45) is 0 Å². The van der Waals surface area contributed by atoms with Gasteiger partial charge < -0.3 is 0 Å². The van der Waals surface area contributed by atoms with Gasteiger partial charge in [0.2, 0.25) is 0 Å². The Morgan fingerprint density at radius 1 is 0.548 bits per heavy atom. The second-order valence-corrected chi connectivity index (χ2v) is 56.6. The van der Waals surface area contributed by atoms with Gasteiger partial charge in [-0.05, 0) is 0 Å². The summed E-state index contributed by atoms with van der Waals surface area (Å²) in [5.74, 6) is 0. The molecule has 0 fully saturated rings. The average Bonchev–Trinajstić information content (AvgIpc) is 3.53. The van der Waals surface area contributed by atoms with E-state index in [1.165, 1.54) is 59.1 Å². The molecule has 42 heavy (non-hydrogen) atoms. The molecule has 4 aromatic carbocycles. The van der Waals surface area contributed by atoms with Gasteiger partial charge in [0.15, 0.2) is 0 Å². The van der Waals surface area contributed by atoms with Gasteiger partial charge in [-0.2, -0.15) is 0 Å². The minimum absolute atomic E-state index is 0. The van der Waals surface area contributed by atoms with Crippen LogP contribution in [0, 0.1) is 0 Å². The second kappa shape index (κ2) is 12.9. The number of benzene rings is 4. The number of fused-ring (bicyclic) bond motifs is 2. The SMILES string of the molecule is CCCC1=Cc2c(-c3ccccc3)cccc2[CH]1[Hf]([CH3])([CH3])(=[SiH2])[CH]1C(CCC)=Cc2c(-c3ccccc3)cccc21.Cl.Cl. The van der Waals surface area contributed by atoms with E-state index in [-0.39, 0.29) is 24.8 Å². The van der Waals surface area contributed by atoms with Gasteiger partial charge >= 0.3 is 245 Å². The van der Waals surface area contributed by atoms with Crippen molar-refractivity contribution in [1.29, 1.82) is 0 Å². The molecule has 0 aliphatic heterocycles. The van der Waals surface area contributed by atoms with Gasteiger partial charge in [0.1, 0.15) is 0 Å². The Kier molecular flexibility index (Phi) is 10.1. The van der Waals surface area contributed by atoms with Crippen molar-refractivity contribution in [3.63, 3.8) is 0 Å². The molecule has 6 rings (SSSR count). The zero-order valence-corrected chi connectivity index (χ0v) is 32.0. The molecule has 0 nitrogen and oxygen atoms in total. The van der Waals surface area contributed by atoms with Crippen LogP contribution in [-0.4, -0.2) is 6.94 Å². The summed E-state index contributed by atoms with van der Waals surface area (Å²) in [5.41, 5.74) is 15.0. The minimum Gasteiger partial charge on any atom is -0.147 e. The van der Waals surface area contributed by atoms with Gasteiger partial charge in [0.05, 0.1) is 0 Å². The molecule has 0 saturated carbocycles. The van der Waals surface area contributed by atoms with Crippen molar-refractivity contribution >= 4 is 43.9 Å². The Bertz CT molecular complexity index is 1580. The van der Waals surface area contributed by atoms with Crippen LogP contribution in [0.1, 0.15) is 69.1 Å². The van der Waals surface area contributed by atoms with E-state index in [2.05, 4.69) is 139 Å². The monoisotopic (exact) mass is 778 g/mol. The molecule has 2 aliphatic rings. The molecule has 0 bridgehead atoms. The van der Waals surface area contributed by atoms with Crippen LogP contribution in [0.25, 0.3) is 34.4 Å². The fourth-order valence-electron chi connectivity index (χ4n) is 8.08. The predicted octanol–water partition coefficient (Wildman–Crippen LogP) is 11.4. The largest absolute Gasteiger partial charge is 0.147 e. The summed E-state index contributed by atoms with van der Waals surface area (Å²) in [5, 5.41) is 0. The maximum absolute atomic E-state index is 3.75. The van der Waals surface area contributed by atoms with E-state index in [0.717, 1.165) is 0 Å². The molecule has 0 N–H and O–H groups in total. The quantitative estimate of drug-likeness (QED) is 0.156. The van der Waals surface area contributed by atoms with E-state index in [9.17, 15) is 0 Å². The fourth-order valence-corrected chi connectivity index (χ4v) is 36.7. The van der Waals surface area contributed by atoms with Crippen LogP contribution in [0.15, 0.2) is 108 Å². The van der Waals surface area contributed by atoms with E-state index in [1.54, 1.807) is 22.3 Å². The molecule has 4 heteroatoms. The predicted molar refractivity (Wildman–Crippen MR) is 190 cm³/mol. The van der Waals surface area contributed by atoms with Crippen molar-refractivity contribution in [3.05, 3.63) is 130 Å². The topological polar surface area (TPSA) is 0 Å². The smallest absolute Gasteiger partial charge is 0.147 e. The first-order chi connectivity index (χ1) is 19.3. The van der Waals surface area contributed by atoms with Gasteiger partial charge in [-0.25, -0.2) is 0 Å². The van der Waals surface area contributed by atoms with Crippen molar-refractivity contribution in [2.75, 3.05) is 0 Å². The van der Waals surface area contributed by atoms with Crippen molar-refractivity contribution in [2.45, 2.75) is 56.2 Å². The van der Waals surface area contributed by atoms with Crippen LogP contribution in [0.2, 0.25) is 9.36 Å². The van der Waals surface area contributed by atoms with Crippen LogP contribution in [-0.2, 0) is 17.1 Å². The summed E-state index contributed by atoms with van der Waals surface area (Å²) in [6.45, 7) is 7.20. The number of halogens is 2. The third-order valence-electron chi connectivity index (χ3n) is 9.45. The molecule has 2 unspecified atom stereocenters. The molecule has 218 valence electrons. The van der Waals surface area contributed by atoms with E-state index >= 15 is 0 Å². The Balaban J connectivity index is 0.00000202. The molecule has 4 aromatic rings. The maximum atomic E-state index is 2.80. The van der Waals surface area contributed by atoms with Crippen LogP contribution in [0.3, 0.4) is 0 Å². The zero-order chi connectivity index (χ0) is 27.9. The van der Waals surface area contributed by atoms with Gasteiger partial charge in [-0.3, -0.25) is 0 Å². The maximum Gasteiger partial charge on any atom is -0.147 e. The number of rotatable bonds is 8. The Hall–Kier alpha value is -1.97. The minimum atomic E-state index is -3.75. The number of allylic oxidation sites excluding steroid dienone is 2. The molecule has 0 aromatic heterocycles. The normalized spacial score (nSPS) is 17.4. The van der Waals surface area contributed by atoms with E-state index in [4.69, 9.17) is 0 Å². The van der Waals surface area contributed by atoms with Crippen LogP contribution in [0.4, 0.5) is 0 Å². The molecular formula is C38H44Cl2HfSi. The average molecular weight is 778 g/mol. The summed E-state index contributed by atoms with van der Waals surface area (Å²) in [7, 11) is 0. The van der Waals surface area contributed by atoms with Gasteiger partial charge in [0, 0.05) is 0 Å². The first-order valence-electron chi connectivity index (χ1n) is 15.2. The summed E-state index contributed by atoms with van der Waals surface area (Å²) < 4.78 is 6.75. The molecule has 2 atom stereocenters. The first-order valence-corrected chi connectivity index (χ1v) is 34.8. The molecule has 2 aliphatic carbocycles. The van der Waals surface area contributed by atoms with E-state index < -0.39 is 17.1 Å². The standard InChI is InChI=1S/2C18H17.2CH3.2ClH.Hf.H2Si/c2*1-2-7-14-12-16-10-6-11-17(18(16)13-14)15-8-4-3-5-9-15;;;;;;/h2*3-6,8-13H,2,7H2,1H3;2*1H3;2*1H;;1H2. The summed E-state index contributed by atoms with van der Waals surface area (Å²) >= 11 is -3.75. The van der Waals surface area contributed by atoms with Crippen LogP contribution >= 0.6 is 24.8 Å². The molecule has 0 spiro atoms. The Morgan fingerprint density at radius 2 is 0.929 bits per heavy atom. The van der Waals surface area contributed by atoms with Gasteiger partial charge in [-0.1, -0.05) is 0 Å². The van der Waals surface area contributed by atoms with Crippen molar-refractivity contribution in [1.82, 2.24) is 0 Å². The van der Waals surface area contributed by atoms with Crippen LogP contribution < -0.4 is 0 Å². The third kappa shape index (κ3) is 5.65.